The molecule has 2 rings (SSSR count). The SMILES string of the molecule is O=C1CC2CC(C=CC2O)O1. The van der Waals surface area contributed by atoms with E-state index in [1.807, 2.05) is 0 Å². The number of carbonyl (C=O) groups excluding carboxylic acids is 1. The minimum absolute atomic E-state index is 0.0790. The first-order chi connectivity index (χ1) is 5.25. The van der Waals surface area contributed by atoms with Crippen LogP contribution in [-0.4, -0.2) is 23.3 Å². The zero-order valence-corrected chi connectivity index (χ0v) is 6.06. The fourth-order valence-electron chi connectivity index (χ4n) is 1.63. The summed E-state index contributed by atoms with van der Waals surface area (Å²) in [6.07, 6.45) is 4.10. The van der Waals surface area contributed by atoms with Gasteiger partial charge in [-0.25, -0.2) is 0 Å². The normalized spacial score (nSPS) is 41.9. The van der Waals surface area contributed by atoms with Gasteiger partial charge in [0.1, 0.15) is 6.10 Å². The summed E-state index contributed by atoms with van der Waals surface area (Å²) in [6, 6.07) is 0. The Balaban J connectivity index is 2.19. The van der Waals surface area contributed by atoms with Crippen molar-refractivity contribution in [2.75, 3.05) is 0 Å². The average molecular weight is 154 g/mol. The largest absolute Gasteiger partial charge is 0.458 e. The maximum Gasteiger partial charge on any atom is 0.306 e. The van der Waals surface area contributed by atoms with Crippen LogP contribution in [0.5, 0.6) is 0 Å². The zero-order valence-electron chi connectivity index (χ0n) is 6.06. The molecule has 1 fully saturated rings. The fraction of sp³-hybridized carbons (Fsp3) is 0.625. The smallest absolute Gasteiger partial charge is 0.306 e. The van der Waals surface area contributed by atoms with E-state index in [-0.39, 0.29) is 18.0 Å². The van der Waals surface area contributed by atoms with Gasteiger partial charge < -0.3 is 9.84 Å². The minimum atomic E-state index is -0.445. The van der Waals surface area contributed by atoms with Crippen LogP contribution in [-0.2, 0) is 9.53 Å². The van der Waals surface area contributed by atoms with Gasteiger partial charge in [-0.2, -0.15) is 0 Å². The second kappa shape index (κ2) is 2.34. The summed E-state index contributed by atoms with van der Waals surface area (Å²) in [5, 5.41) is 9.34. The number of hydrogen-bond donors (Lipinski definition) is 1. The topological polar surface area (TPSA) is 46.5 Å². The van der Waals surface area contributed by atoms with Crippen molar-refractivity contribution in [2.24, 2.45) is 5.92 Å². The van der Waals surface area contributed by atoms with E-state index in [4.69, 9.17) is 4.74 Å². The molecule has 0 spiro atoms. The molecule has 3 heteroatoms. The monoisotopic (exact) mass is 154 g/mol. The van der Waals surface area contributed by atoms with Crippen molar-refractivity contribution in [2.45, 2.75) is 25.0 Å². The maximum absolute atomic E-state index is 10.9. The maximum atomic E-state index is 10.9. The molecule has 1 aliphatic carbocycles. The molecule has 0 aromatic rings. The summed E-state index contributed by atoms with van der Waals surface area (Å²) in [6.45, 7) is 0. The second-order valence-electron chi connectivity index (χ2n) is 3.10. The van der Waals surface area contributed by atoms with Gasteiger partial charge >= 0.3 is 5.97 Å². The lowest BCUT2D eigenvalue weighted by molar-refractivity contribution is -0.156. The number of aliphatic hydroxyl groups is 1. The van der Waals surface area contributed by atoms with Crippen molar-refractivity contribution in [1.29, 1.82) is 0 Å². The summed E-state index contributed by atoms with van der Waals surface area (Å²) >= 11 is 0. The first-order valence-corrected chi connectivity index (χ1v) is 3.81. The molecule has 3 nitrogen and oxygen atoms in total. The Labute approximate surface area is 64.7 Å². The Hall–Kier alpha value is -0.830. The van der Waals surface area contributed by atoms with Crippen LogP contribution in [0.2, 0.25) is 0 Å². The Morgan fingerprint density at radius 3 is 3.18 bits per heavy atom. The molecule has 0 aromatic carbocycles. The molecular formula is C8H10O3. The van der Waals surface area contributed by atoms with Crippen LogP contribution < -0.4 is 0 Å². The molecule has 60 valence electrons. The van der Waals surface area contributed by atoms with Crippen molar-refractivity contribution in [3.63, 3.8) is 0 Å². The average Bonchev–Trinajstić information content (AvgIpc) is 1.97. The van der Waals surface area contributed by atoms with Crippen molar-refractivity contribution in [3.8, 4) is 0 Å². The van der Waals surface area contributed by atoms with E-state index in [2.05, 4.69) is 0 Å². The van der Waals surface area contributed by atoms with Gasteiger partial charge in [0.25, 0.3) is 0 Å². The molecule has 0 aromatic heterocycles. The standard InChI is InChI=1S/C8H10O3/c9-7-2-1-6-3-5(7)4-8(10)11-6/h1-2,5-7,9H,3-4H2. The Bertz CT molecular complexity index is 209. The van der Waals surface area contributed by atoms with Gasteiger partial charge in [0.2, 0.25) is 0 Å². The number of aliphatic hydroxyl groups excluding tert-OH is 1. The van der Waals surface area contributed by atoms with Crippen molar-refractivity contribution in [3.05, 3.63) is 12.2 Å². The molecule has 2 aliphatic rings. The lowest BCUT2D eigenvalue weighted by Crippen LogP contribution is -2.37. The Kier molecular flexibility index (Phi) is 1.46. The van der Waals surface area contributed by atoms with E-state index in [9.17, 15) is 9.90 Å². The Morgan fingerprint density at radius 2 is 2.36 bits per heavy atom. The second-order valence-corrected chi connectivity index (χ2v) is 3.10. The Morgan fingerprint density at radius 1 is 1.55 bits per heavy atom. The van der Waals surface area contributed by atoms with Gasteiger partial charge in [0.05, 0.1) is 12.5 Å². The van der Waals surface area contributed by atoms with E-state index in [0.29, 0.717) is 6.42 Å². The predicted octanol–water partition coefficient (Wildman–Crippen LogP) is 0.239. The summed E-state index contributed by atoms with van der Waals surface area (Å²) in [4.78, 5) is 10.9. The first-order valence-electron chi connectivity index (χ1n) is 3.81. The molecular weight excluding hydrogens is 144 g/mol. The highest BCUT2D eigenvalue weighted by atomic mass is 16.5. The third kappa shape index (κ3) is 1.16. The summed E-state index contributed by atoms with van der Waals surface area (Å²) in [5.41, 5.74) is 0. The zero-order chi connectivity index (χ0) is 7.84. The molecule has 3 unspecified atom stereocenters. The molecule has 0 radical (unpaired) electrons. The van der Waals surface area contributed by atoms with Gasteiger partial charge in [-0.3, -0.25) is 4.79 Å². The minimum Gasteiger partial charge on any atom is -0.458 e. The third-order valence-corrected chi connectivity index (χ3v) is 2.25. The molecule has 3 atom stereocenters. The number of ether oxygens (including phenoxy) is 1. The molecule has 1 N–H and O–H groups in total. The highest BCUT2D eigenvalue weighted by Crippen LogP contribution is 2.29. The van der Waals surface area contributed by atoms with Crippen LogP contribution in [0, 0.1) is 5.92 Å². The molecule has 0 amide bonds. The fourth-order valence-corrected chi connectivity index (χ4v) is 1.63. The molecule has 11 heavy (non-hydrogen) atoms. The number of carbonyl (C=O) groups is 1. The van der Waals surface area contributed by atoms with Crippen LogP contribution >= 0.6 is 0 Å². The summed E-state index contributed by atoms with van der Waals surface area (Å²) in [7, 11) is 0. The van der Waals surface area contributed by atoms with Gasteiger partial charge in [0.15, 0.2) is 0 Å². The predicted molar refractivity (Wildman–Crippen MR) is 37.8 cm³/mol. The molecule has 1 aliphatic heterocycles. The number of hydrogen-bond acceptors (Lipinski definition) is 3. The highest BCUT2D eigenvalue weighted by molar-refractivity contribution is 5.71. The number of rotatable bonds is 0. The summed E-state index contributed by atoms with van der Waals surface area (Å²) in [5.74, 6) is -0.0964. The highest BCUT2D eigenvalue weighted by Gasteiger charge is 2.33. The summed E-state index contributed by atoms with van der Waals surface area (Å²) < 4.78 is 4.97. The van der Waals surface area contributed by atoms with Crippen molar-refractivity contribution in [1.82, 2.24) is 0 Å². The van der Waals surface area contributed by atoms with Gasteiger partial charge in [0, 0.05) is 5.92 Å². The van der Waals surface area contributed by atoms with Crippen molar-refractivity contribution < 1.29 is 14.6 Å². The van der Waals surface area contributed by atoms with Crippen LogP contribution in [0.25, 0.3) is 0 Å². The van der Waals surface area contributed by atoms with E-state index in [1.165, 1.54) is 0 Å². The number of fused-ring (bicyclic) bond motifs is 2. The molecule has 1 saturated heterocycles. The quantitative estimate of drug-likeness (QED) is 0.401. The molecule has 1 heterocycles. The van der Waals surface area contributed by atoms with Crippen LogP contribution in [0.4, 0.5) is 0 Å². The van der Waals surface area contributed by atoms with E-state index in [1.54, 1.807) is 12.2 Å². The van der Waals surface area contributed by atoms with E-state index in [0.717, 1.165) is 6.42 Å². The van der Waals surface area contributed by atoms with Crippen LogP contribution in [0.3, 0.4) is 0 Å². The lowest BCUT2D eigenvalue weighted by atomic mass is 9.85. The third-order valence-electron chi connectivity index (χ3n) is 2.25. The molecule has 2 bridgehead atoms. The van der Waals surface area contributed by atoms with Gasteiger partial charge in [-0.1, -0.05) is 6.08 Å². The van der Waals surface area contributed by atoms with E-state index >= 15 is 0 Å². The van der Waals surface area contributed by atoms with Crippen molar-refractivity contribution >= 4 is 5.97 Å². The van der Waals surface area contributed by atoms with Gasteiger partial charge in [-0.05, 0) is 12.5 Å². The van der Waals surface area contributed by atoms with Crippen LogP contribution in [0.1, 0.15) is 12.8 Å². The molecule has 0 saturated carbocycles. The first kappa shape index (κ1) is 6.85. The number of esters is 1. The van der Waals surface area contributed by atoms with Crippen LogP contribution in [0.15, 0.2) is 12.2 Å². The van der Waals surface area contributed by atoms with E-state index < -0.39 is 6.10 Å². The van der Waals surface area contributed by atoms with Gasteiger partial charge in [-0.15, -0.1) is 0 Å². The lowest BCUT2D eigenvalue weighted by Gasteiger charge is -2.32.